The third kappa shape index (κ3) is 3.86. The van der Waals surface area contributed by atoms with Crippen LogP contribution in [0.25, 0.3) is 10.9 Å². The number of hydrogen-bond acceptors (Lipinski definition) is 3. The molecule has 21 heavy (non-hydrogen) atoms. The van der Waals surface area contributed by atoms with Gasteiger partial charge < -0.3 is 9.88 Å². The predicted octanol–water partition coefficient (Wildman–Crippen LogP) is 2.57. The number of sulfone groups is 1. The van der Waals surface area contributed by atoms with Gasteiger partial charge in [-0.3, -0.25) is 0 Å². The Morgan fingerprint density at radius 2 is 2.00 bits per heavy atom. The topological polar surface area (TPSA) is 51.1 Å². The van der Waals surface area contributed by atoms with Gasteiger partial charge in [0.25, 0.3) is 0 Å². The maximum absolute atomic E-state index is 11.9. The number of hydrogen-bond donors (Lipinski definition) is 1. The molecular weight excluding hydrogens is 284 g/mol. The average Bonchev–Trinajstić information content (AvgIpc) is 2.85. The maximum atomic E-state index is 11.9. The molecule has 0 fully saturated rings. The molecule has 0 saturated carbocycles. The fraction of sp³-hybridized carbons (Fsp3) is 0.500. The molecule has 5 heteroatoms. The highest BCUT2D eigenvalue weighted by molar-refractivity contribution is 7.91. The van der Waals surface area contributed by atoms with E-state index >= 15 is 0 Å². The normalized spacial score (nSPS) is 12.4. The molecule has 0 unspecified atom stereocenters. The number of fused-ring (bicyclic) bond motifs is 1. The van der Waals surface area contributed by atoms with Gasteiger partial charge in [-0.05, 0) is 43.5 Å². The number of aryl methyl sites for hydroxylation is 1. The quantitative estimate of drug-likeness (QED) is 0.855. The van der Waals surface area contributed by atoms with Gasteiger partial charge in [0.05, 0.1) is 11.0 Å². The van der Waals surface area contributed by atoms with Crippen LogP contribution in [0.15, 0.2) is 30.5 Å². The van der Waals surface area contributed by atoms with E-state index in [4.69, 9.17) is 0 Å². The smallest absolute Gasteiger partial charge is 0.154 e. The molecule has 0 aliphatic rings. The molecule has 0 spiro atoms. The Kier molecular flexibility index (Phi) is 5.06. The van der Waals surface area contributed by atoms with Crippen molar-refractivity contribution in [3.63, 3.8) is 0 Å². The molecule has 0 bridgehead atoms. The molecule has 2 aromatic rings. The van der Waals surface area contributed by atoms with E-state index in [-0.39, 0.29) is 11.0 Å². The lowest BCUT2D eigenvalue weighted by molar-refractivity contribution is 0.581. The summed E-state index contributed by atoms with van der Waals surface area (Å²) < 4.78 is 25.9. The third-order valence-corrected chi connectivity index (χ3v) is 5.94. The summed E-state index contributed by atoms with van der Waals surface area (Å²) >= 11 is 0. The van der Waals surface area contributed by atoms with E-state index in [1.54, 1.807) is 13.8 Å². The zero-order valence-corrected chi connectivity index (χ0v) is 13.8. The maximum Gasteiger partial charge on any atom is 0.154 e. The summed E-state index contributed by atoms with van der Waals surface area (Å²) in [6.07, 6.45) is 1.97. The molecule has 116 valence electrons. The van der Waals surface area contributed by atoms with Crippen molar-refractivity contribution < 1.29 is 8.42 Å². The molecule has 1 aromatic heterocycles. The molecule has 2 rings (SSSR count). The molecule has 0 atom stereocenters. The second kappa shape index (κ2) is 6.62. The highest BCUT2D eigenvalue weighted by Crippen LogP contribution is 2.18. The van der Waals surface area contributed by atoms with Crippen molar-refractivity contribution in [1.29, 1.82) is 0 Å². The van der Waals surface area contributed by atoms with Crippen LogP contribution >= 0.6 is 0 Å². The number of nitrogens with one attached hydrogen (secondary N) is 1. The Hall–Kier alpha value is -1.33. The number of rotatable bonds is 7. The molecule has 0 saturated heterocycles. The van der Waals surface area contributed by atoms with Crippen LogP contribution in [0.3, 0.4) is 0 Å². The van der Waals surface area contributed by atoms with E-state index < -0.39 is 9.84 Å². The molecule has 0 aliphatic heterocycles. The largest absolute Gasteiger partial charge is 0.346 e. The Balaban J connectivity index is 2.20. The lowest BCUT2D eigenvalue weighted by Crippen LogP contribution is -2.20. The van der Waals surface area contributed by atoms with Crippen molar-refractivity contribution in [3.8, 4) is 0 Å². The Labute approximate surface area is 127 Å². The van der Waals surface area contributed by atoms with E-state index in [0.29, 0.717) is 6.54 Å². The molecule has 0 amide bonds. The van der Waals surface area contributed by atoms with Gasteiger partial charge in [-0.1, -0.05) is 19.1 Å². The standard InChI is InChI=1S/C16H24N2O2S/c1-4-17-12-14-5-6-15-7-8-18(16(15)11-14)9-10-21(19,20)13(2)3/h5-8,11,13,17H,4,9-10,12H2,1-3H3. The summed E-state index contributed by atoms with van der Waals surface area (Å²) in [5.41, 5.74) is 2.32. The lowest BCUT2D eigenvalue weighted by atomic mass is 10.1. The average molecular weight is 308 g/mol. The summed E-state index contributed by atoms with van der Waals surface area (Å²) in [5.74, 6) is 0.186. The molecule has 1 N–H and O–H groups in total. The highest BCUT2D eigenvalue weighted by atomic mass is 32.2. The minimum absolute atomic E-state index is 0.186. The van der Waals surface area contributed by atoms with E-state index in [0.717, 1.165) is 24.0 Å². The van der Waals surface area contributed by atoms with Crippen LogP contribution in [-0.2, 0) is 22.9 Å². The molecule has 0 aliphatic carbocycles. The van der Waals surface area contributed by atoms with Crippen LogP contribution in [0.4, 0.5) is 0 Å². The van der Waals surface area contributed by atoms with Crippen LogP contribution in [0.2, 0.25) is 0 Å². The van der Waals surface area contributed by atoms with Gasteiger partial charge in [-0.2, -0.15) is 0 Å². The summed E-state index contributed by atoms with van der Waals surface area (Å²) in [6, 6.07) is 8.38. The van der Waals surface area contributed by atoms with Crippen molar-refractivity contribution in [2.24, 2.45) is 0 Å². The van der Waals surface area contributed by atoms with Gasteiger partial charge in [-0.25, -0.2) is 8.42 Å². The van der Waals surface area contributed by atoms with Crippen LogP contribution in [0, 0.1) is 0 Å². The van der Waals surface area contributed by atoms with E-state index in [9.17, 15) is 8.42 Å². The van der Waals surface area contributed by atoms with Crippen LogP contribution < -0.4 is 5.32 Å². The summed E-state index contributed by atoms with van der Waals surface area (Å²) in [4.78, 5) is 0. The number of benzene rings is 1. The summed E-state index contributed by atoms with van der Waals surface area (Å²) in [7, 11) is -3.00. The Bertz CT molecular complexity index is 702. The fourth-order valence-corrected chi connectivity index (χ4v) is 3.19. The summed E-state index contributed by atoms with van der Waals surface area (Å²) in [5, 5.41) is 4.14. The van der Waals surface area contributed by atoms with Gasteiger partial charge in [0.2, 0.25) is 0 Å². The number of nitrogens with zero attached hydrogens (tertiary/aromatic N) is 1. The molecule has 1 aromatic carbocycles. The zero-order chi connectivity index (χ0) is 15.5. The predicted molar refractivity (Wildman–Crippen MR) is 88.2 cm³/mol. The summed E-state index contributed by atoms with van der Waals surface area (Å²) in [6.45, 7) is 7.83. The van der Waals surface area contributed by atoms with E-state index in [2.05, 4.69) is 30.4 Å². The van der Waals surface area contributed by atoms with Gasteiger partial charge in [0.15, 0.2) is 9.84 Å². The Morgan fingerprint density at radius 1 is 1.24 bits per heavy atom. The van der Waals surface area contributed by atoms with Crippen LogP contribution in [-0.4, -0.2) is 30.5 Å². The van der Waals surface area contributed by atoms with Gasteiger partial charge in [0, 0.05) is 24.8 Å². The highest BCUT2D eigenvalue weighted by Gasteiger charge is 2.16. The minimum atomic E-state index is -3.00. The second-order valence-corrected chi connectivity index (χ2v) is 8.28. The van der Waals surface area contributed by atoms with Gasteiger partial charge in [0.1, 0.15) is 0 Å². The minimum Gasteiger partial charge on any atom is -0.346 e. The third-order valence-electron chi connectivity index (χ3n) is 3.75. The Morgan fingerprint density at radius 3 is 2.67 bits per heavy atom. The molecule has 1 heterocycles. The lowest BCUT2D eigenvalue weighted by Gasteiger charge is -2.10. The monoisotopic (exact) mass is 308 g/mol. The second-order valence-electron chi connectivity index (χ2n) is 5.60. The van der Waals surface area contributed by atoms with Crippen molar-refractivity contribution in [3.05, 3.63) is 36.0 Å². The molecular formula is C16H24N2O2S. The van der Waals surface area contributed by atoms with E-state index in [1.807, 2.05) is 16.8 Å². The molecule has 0 radical (unpaired) electrons. The molecule has 4 nitrogen and oxygen atoms in total. The first-order chi connectivity index (χ1) is 9.94. The van der Waals surface area contributed by atoms with E-state index in [1.165, 1.54) is 5.56 Å². The SMILES string of the molecule is CCNCc1ccc2ccn(CCS(=O)(=O)C(C)C)c2c1. The van der Waals surface area contributed by atoms with Crippen LogP contribution in [0.5, 0.6) is 0 Å². The number of aromatic nitrogens is 1. The van der Waals surface area contributed by atoms with Crippen molar-refractivity contribution >= 4 is 20.7 Å². The van der Waals surface area contributed by atoms with Crippen LogP contribution in [0.1, 0.15) is 26.3 Å². The first-order valence-electron chi connectivity index (χ1n) is 7.44. The first-order valence-corrected chi connectivity index (χ1v) is 9.15. The van der Waals surface area contributed by atoms with Crippen molar-refractivity contribution in [1.82, 2.24) is 9.88 Å². The van der Waals surface area contributed by atoms with Crippen molar-refractivity contribution in [2.75, 3.05) is 12.3 Å². The van der Waals surface area contributed by atoms with Gasteiger partial charge in [-0.15, -0.1) is 0 Å². The van der Waals surface area contributed by atoms with Gasteiger partial charge >= 0.3 is 0 Å². The first kappa shape index (κ1) is 16.0. The fourth-order valence-electron chi connectivity index (χ4n) is 2.27. The zero-order valence-electron chi connectivity index (χ0n) is 13.0. The van der Waals surface area contributed by atoms with Crippen molar-refractivity contribution in [2.45, 2.75) is 39.1 Å².